The van der Waals surface area contributed by atoms with Gasteiger partial charge in [0.15, 0.2) is 0 Å². The van der Waals surface area contributed by atoms with Gasteiger partial charge in [-0.25, -0.2) is 9.59 Å². The van der Waals surface area contributed by atoms with Crippen LogP contribution in [-0.2, 0) is 31.9 Å². The van der Waals surface area contributed by atoms with Gasteiger partial charge >= 0.3 is 23.9 Å². The fraction of sp³-hybridized carbons (Fsp3) is 0.300. The number of carbonyl (C=O) groups excluding carboxylic acids is 4. The van der Waals surface area contributed by atoms with Crippen molar-refractivity contribution >= 4 is 23.9 Å². The topological polar surface area (TPSA) is 86.7 Å². The molecule has 3 aliphatic carbocycles. The number of cyclic esters (lactones) is 4. The van der Waals surface area contributed by atoms with Crippen LogP contribution in [0.4, 0.5) is 0 Å². The maximum Gasteiger partial charge on any atom is 0.347 e. The molecule has 0 N–H and O–H groups in total. The molecule has 0 radical (unpaired) electrons. The lowest BCUT2D eigenvalue weighted by Crippen LogP contribution is -2.25. The number of carbonyl (C=O) groups is 4. The fourth-order valence-electron chi connectivity index (χ4n) is 4.44. The average Bonchev–Trinajstić information content (AvgIpc) is 3.07. The zero-order valence-electron chi connectivity index (χ0n) is 13.7. The minimum absolute atomic E-state index is 0.347. The van der Waals surface area contributed by atoms with Crippen molar-refractivity contribution in [3.63, 3.8) is 0 Å². The van der Waals surface area contributed by atoms with Crippen molar-refractivity contribution in [2.24, 2.45) is 11.8 Å². The number of allylic oxidation sites excluding steroid dienone is 2. The summed E-state index contributed by atoms with van der Waals surface area (Å²) in [5.41, 5.74) is 3.80. The van der Waals surface area contributed by atoms with Crippen LogP contribution in [0.1, 0.15) is 44.7 Å². The fourth-order valence-corrected chi connectivity index (χ4v) is 4.44. The van der Waals surface area contributed by atoms with E-state index >= 15 is 0 Å². The lowest BCUT2D eigenvalue weighted by molar-refractivity contribution is -0.153. The van der Waals surface area contributed by atoms with Crippen LogP contribution in [0.15, 0.2) is 35.4 Å². The Hall–Kier alpha value is -3.02. The first kappa shape index (κ1) is 15.3. The molecule has 0 aromatic heterocycles. The molecule has 1 aromatic carbocycles. The van der Waals surface area contributed by atoms with Crippen molar-refractivity contribution in [2.75, 3.05) is 0 Å². The second kappa shape index (κ2) is 5.24. The molecule has 130 valence electrons. The zero-order chi connectivity index (χ0) is 18.0. The number of aryl methyl sites for hydroxylation is 2. The number of benzene rings is 1. The summed E-state index contributed by atoms with van der Waals surface area (Å²) in [7, 11) is 0. The minimum Gasteiger partial charge on any atom is -0.392 e. The van der Waals surface area contributed by atoms with E-state index in [0.29, 0.717) is 36.8 Å². The van der Waals surface area contributed by atoms with Gasteiger partial charge in [0.25, 0.3) is 0 Å². The van der Waals surface area contributed by atoms with Crippen molar-refractivity contribution in [2.45, 2.75) is 25.7 Å². The number of ether oxygens (including phenoxy) is 2. The summed E-state index contributed by atoms with van der Waals surface area (Å²) in [5.74, 6) is -3.34. The van der Waals surface area contributed by atoms with Gasteiger partial charge in [-0.2, -0.15) is 0 Å². The first-order chi connectivity index (χ1) is 12.5. The summed E-state index contributed by atoms with van der Waals surface area (Å²) in [4.78, 5) is 48.7. The van der Waals surface area contributed by atoms with Crippen LogP contribution in [0.2, 0.25) is 0 Å². The van der Waals surface area contributed by atoms with Gasteiger partial charge in [-0.15, -0.1) is 0 Å². The number of hydrogen-bond acceptors (Lipinski definition) is 6. The van der Waals surface area contributed by atoms with Gasteiger partial charge in [-0.3, -0.25) is 9.59 Å². The molecule has 4 bridgehead atoms. The largest absolute Gasteiger partial charge is 0.392 e. The van der Waals surface area contributed by atoms with Crippen molar-refractivity contribution < 1.29 is 28.7 Å². The Balaban J connectivity index is 1.64. The first-order valence-corrected chi connectivity index (χ1v) is 8.61. The van der Waals surface area contributed by atoms with Gasteiger partial charge in [0.2, 0.25) is 0 Å². The minimum atomic E-state index is -0.606. The van der Waals surface area contributed by atoms with Gasteiger partial charge in [0, 0.05) is 0 Å². The Morgan fingerprint density at radius 3 is 1.58 bits per heavy atom. The van der Waals surface area contributed by atoms with Gasteiger partial charge < -0.3 is 9.47 Å². The molecule has 1 saturated heterocycles. The van der Waals surface area contributed by atoms with E-state index in [1.54, 1.807) is 0 Å². The average molecular weight is 350 g/mol. The molecule has 0 saturated carbocycles. The van der Waals surface area contributed by atoms with E-state index in [2.05, 4.69) is 0 Å². The van der Waals surface area contributed by atoms with Crippen molar-refractivity contribution in [3.05, 3.63) is 57.7 Å². The number of fused-ring (bicyclic) bond motifs is 4. The highest BCUT2D eigenvalue weighted by molar-refractivity contribution is 6.16. The molecule has 0 amide bonds. The smallest absolute Gasteiger partial charge is 0.347 e. The Morgan fingerprint density at radius 1 is 0.654 bits per heavy atom. The summed E-state index contributed by atoms with van der Waals surface area (Å²) >= 11 is 0. The summed E-state index contributed by atoms with van der Waals surface area (Å²) in [5, 5.41) is 0. The Kier molecular flexibility index (Phi) is 3.07. The van der Waals surface area contributed by atoms with Crippen LogP contribution in [0.5, 0.6) is 0 Å². The third-order valence-electron chi connectivity index (χ3n) is 5.69. The van der Waals surface area contributed by atoms with Crippen LogP contribution in [0, 0.1) is 11.8 Å². The lowest BCUT2D eigenvalue weighted by atomic mass is 9.74. The molecule has 0 spiro atoms. The highest BCUT2D eigenvalue weighted by Crippen LogP contribution is 2.42. The highest BCUT2D eigenvalue weighted by atomic mass is 16.6. The van der Waals surface area contributed by atoms with Gasteiger partial charge in [-0.05, 0) is 36.8 Å². The normalized spacial score (nSPS) is 26.5. The predicted molar refractivity (Wildman–Crippen MR) is 87.1 cm³/mol. The van der Waals surface area contributed by atoms with Crippen LogP contribution in [-0.4, -0.2) is 23.9 Å². The first-order valence-electron chi connectivity index (χ1n) is 8.61. The predicted octanol–water partition coefficient (Wildman–Crippen LogP) is 2.06. The number of esters is 4. The Morgan fingerprint density at radius 2 is 1.12 bits per heavy atom. The van der Waals surface area contributed by atoms with Crippen LogP contribution in [0.25, 0.3) is 0 Å². The van der Waals surface area contributed by atoms with Crippen LogP contribution < -0.4 is 0 Å². The molecule has 6 nitrogen and oxygen atoms in total. The molecular formula is C20H14O6. The van der Waals surface area contributed by atoms with E-state index in [9.17, 15) is 19.2 Å². The van der Waals surface area contributed by atoms with Gasteiger partial charge in [0.1, 0.15) is 0 Å². The molecule has 2 aliphatic heterocycles. The molecule has 6 rings (SSSR count). The third-order valence-corrected chi connectivity index (χ3v) is 5.69. The molecule has 6 heteroatoms. The van der Waals surface area contributed by atoms with E-state index in [4.69, 9.17) is 9.47 Å². The van der Waals surface area contributed by atoms with Crippen molar-refractivity contribution in [1.82, 2.24) is 0 Å². The molecule has 1 fully saturated rings. The summed E-state index contributed by atoms with van der Waals surface area (Å²) in [6.45, 7) is 0. The van der Waals surface area contributed by atoms with E-state index in [1.807, 2.05) is 24.3 Å². The maximum atomic E-state index is 12.2. The number of rotatable bonds is 0. The highest BCUT2D eigenvalue weighted by Gasteiger charge is 2.49. The standard InChI is InChI=1S/C20H14O6/c21-17-13-9-1-2-10(14(13)18(22)25-17)7-8-12-4-3-11(6-5-9)15-16(12)20(24)26-19(15)23/h1-4,13-14H,5-8H2/t13-,14?/m0/s1. The summed E-state index contributed by atoms with van der Waals surface area (Å²) in [6.07, 6.45) is 5.75. The second-order valence-electron chi connectivity index (χ2n) is 6.99. The zero-order valence-corrected chi connectivity index (χ0v) is 13.7. The Bertz CT molecular complexity index is 903. The van der Waals surface area contributed by atoms with E-state index < -0.39 is 35.7 Å². The van der Waals surface area contributed by atoms with Crippen molar-refractivity contribution in [3.8, 4) is 0 Å². The molecular weight excluding hydrogens is 336 g/mol. The quantitative estimate of drug-likeness (QED) is 0.526. The number of hydrogen-bond donors (Lipinski definition) is 0. The van der Waals surface area contributed by atoms with Gasteiger partial charge in [-0.1, -0.05) is 35.4 Å². The molecule has 1 aromatic rings. The SMILES string of the molecule is O=C1OC(=O)c2c3ccc(c21)CCC1=CC=C(CC3)[C@@H]2C(=O)OC(=O)C12. The Labute approximate surface area is 148 Å². The maximum absolute atomic E-state index is 12.2. The monoisotopic (exact) mass is 350 g/mol. The summed E-state index contributed by atoms with van der Waals surface area (Å²) in [6, 6.07) is 3.71. The summed E-state index contributed by atoms with van der Waals surface area (Å²) < 4.78 is 9.73. The van der Waals surface area contributed by atoms with Gasteiger partial charge in [0.05, 0.1) is 23.0 Å². The van der Waals surface area contributed by atoms with E-state index in [0.717, 1.165) is 22.3 Å². The molecule has 2 atom stereocenters. The van der Waals surface area contributed by atoms with E-state index in [-0.39, 0.29) is 0 Å². The molecule has 5 aliphatic rings. The van der Waals surface area contributed by atoms with Crippen LogP contribution in [0.3, 0.4) is 0 Å². The second-order valence-corrected chi connectivity index (χ2v) is 6.99. The van der Waals surface area contributed by atoms with Crippen LogP contribution >= 0.6 is 0 Å². The molecule has 2 heterocycles. The van der Waals surface area contributed by atoms with E-state index in [1.165, 1.54) is 0 Å². The lowest BCUT2D eigenvalue weighted by Gasteiger charge is -2.25. The third kappa shape index (κ3) is 1.98. The molecule has 1 unspecified atom stereocenters. The molecule has 26 heavy (non-hydrogen) atoms. The van der Waals surface area contributed by atoms with Crippen molar-refractivity contribution in [1.29, 1.82) is 0 Å².